The second-order valence-electron chi connectivity index (χ2n) is 7.08. The molecule has 0 atom stereocenters. The second kappa shape index (κ2) is 8.27. The molecule has 0 unspecified atom stereocenters. The molecule has 0 saturated carbocycles. The van der Waals surface area contributed by atoms with Gasteiger partial charge in [0.1, 0.15) is 0 Å². The monoisotopic (exact) mass is 365 g/mol. The third-order valence-electron chi connectivity index (χ3n) is 5.21. The van der Waals surface area contributed by atoms with Gasteiger partial charge in [-0.3, -0.25) is 9.59 Å². The van der Waals surface area contributed by atoms with Gasteiger partial charge in [-0.15, -0.1) is 11.3 Å². The summed E-state index contributed by atoms with van der Waals surface area (Å²) in [5.74, 6) is 0.580. The van der Waals surface area contributed by atoms with E-state index < -0.39 is 0 Å². The van der Waals surface area contributed by atoms with Crippen LogP contribution in [0.25, 0.3) is 0 Å². The van der Waals surface area contributed by atoms with Gasteiger partial charge in [0.2, 0.25) is 11.8 Å². The molecule has 1 N–H and O–H groups in total. The molecule has 3 rings (SSSR count). The molecule has 0 aromatic carbocycles. The van der Waals surface area contributed by atoms with E-state index in [4.69, 9.17) is 0 Å². The van der Waals surface area contributed by atoms with Crippen molar-refractivity contribution in [3.63, 3.8) is 0 Å². The third kappa shape index (κ3) is 4.79. The predicted molar refractivity (Wildman–Crippen MR) is 96.5 cm³/mol. The topological polar surface area (TPSA) is 73.7 Å². The first-order chi connectivity index (χ1) is 12.0. The lowest BCUT2D eigenvalue weighted by atomic mass is 9.97. The highest BCUT2D eigenvalue weighted by molar-refractivity contribution is 7.11. The lowest BCUT2D eigenvalue weighted by Gasteiger charge is -2.32. The van der Waals surface area contributed by atoms with Gasteiger partial charge in [-0.1, -0.05) is 0 Å². The van der Waals surface area contributed by atoms with Gasteiger partial charge < -0.3 is 14.9 Å². The van der Waals surface area contributed by atoms with Gasteiger partial charge in [0.15, 0.2) is 0 Å². The molecule has 1 aromatic rings. The van der Waals surface area contributed by atoms with Crippen LogP contribution >= 0.6 is 11.3 Å². The Balaban J connectivity index is 1.40. The minimum Gasteiger partial charge on any atom is -0.393 e. The number of likely N-dealkylation sites (tertiary alicyclic amines) is 2. The minimum absolute atomic E-state index is 0.0356. The second-order valence-corrected chi connectivity index (χ2v) is 8.34. The molecule has 1 aromatic heterocycles. The predicted octanol–water partition coefficient (Wildman–Crippen LogP) is 1.92. The zero-order valence-electron chi connectivity index (χ0n) is 14.8. The van der Waals surface area contributed by atoms with Crippen LogP contribution in [-0.4, -0.2) is 64.0 Å². The van der Waals surface area contributed by atoms with Crippen molar-refractivity contribution < 1.29 is 14.7 Å². The molecule has 2 amide bonds. The van der Waals surface area contributed by atoms with Crippen LogP contribution in [0.2, 0.25) is 0 Å². The summed E-state index contributed by atoms with van der Waals surface area (Å²) in [6.07, 6.45) is 5.40. The molecule has 138 valence electrons. The van der Waals surface area contributed by atoms with E-state index in [1.165, 1.54) is 9.88 Å². The van der Waals surface area contributed by atoms with Crippen LogP contribution in [0.3, 0.4) is 0 Å². The number of aromatic nitrogens is 1. The van der Waals surface area contributed by atoms with Crippen molar-refractivity contribution in [2.24, 2.45) is 0 Å². The highest BCUT2D eigenvalue weighted by Gasteiger charge is 2.27. The van der Waals surface area contributed by atoms with Gasteiger partial charge in [0, 0.05) is 56.0 Å². The van der Waals surface area contributed by atoms with Crippen LogP contribution in [0.5, 0.6) is 0 Å². The molecule has 3 heterocycles. The Morgan fingerprint density at radius 1 is 1.08 bits per heavy atom. The fraction of sp³-hybridized carbons (Fsp3) is 0.722. The molecule has 2 saturated heterocycles. The Hall–Kier alpha value is -1.47. The van der Waals surface area contributed by atoms with Crippen LogP contribution in [-0.2, 0) is 9.59 Å². The highest BCUT2D eigenvalue weighted by atomic mass is 32.1. The van der Waals surface area contributed by atoms with Crippen molar-refractivity contribution in [1.82, 2.24) is 14.8 Å². The fourth-order valence-electron chi connectivity index (χ4n) is 3.58. The number of hydrogen-bond acceptors (Lipinski definition) is 5. The maximum absolute atomic E-state index is 12.4. The number of thiazole rings is 1. The standard InChI is InChI=1S/C18H27N3O3S/c1-13-12-19-18(25-13)14-4-8-20(9-5-14)16(23)2-3-17(24)21-10-6-15(22)7-11-21/h12,14-15,22H,2-11H2,1H3. The molecule has 2 aliphatic rings. The van der Waals surface area contributed by atoms with E-state index >= 15 is 0 Å². The quantitative estimate of drug-likeness (QED) is 0.885. The van der Waals surface area contributed by atoms with Crippen LogP contribution in [0.1, 0.15) is 54.3 Å². The number of nitrogens with zero attached hydrogens (tertiary/aromatic N) is 3. The Morgan fingerprint density at radius 2 is 1.60 bits per heavy atom. The Bertz CT molecular complexity index is 602. The van der Waals surface area contributed by atoms with Crippen molar-refractivity contribution in [3.05, 3.63) is 16.1 Å². The summed E-state index contributed by atoms with van der Waals surface area (Å²) in [5, 5.41) is 10.7. The van der Waals surface area contributed by atoms with Crippen LogP contribution in [0, 0.1) is 6.92 Å². The van der Waals surface area contributed by atoms with E-state index in [9.17, 15) is 14.7 Å². The maximum Gasteiger partial charge on any atom is 0.223 e. The molecule has 0 bridgehead atoms. The lowest BCUT2D eigenvalue weighted by molar-refractivity contribution is -0.138. The number of aliphatic hydroxyl groups is 1. The minimum atomic E-state index is -0.284. The summed E-state index contributed by atoms with van der Waals surface area (Å²) in [6.45, 7) is 4.79. The Labute approximate surface area is 152 Å². The third-order valence-corrected chi connectivity index (χ3v) is 6.28. The summed E-state index contributed by atoms with van der Waals surface area (Å²) in [4.78, 5) is 34.0. The van der Waals surface area contributed by atoms with Gasteiger partial charge in [0.25, 0.3) is 0 Å². The molecule has 6 nitrogen and oxygen atoms in total. The summed E-state index contributed by atoms with van der Waals surface area (Å²) < 4.78 is 0. The van der Waals surface area contributed by atoms with E-state index in [0.29, 0.717) is 38.3 Å². The smallest absolute Gasteiger partial charge is 0.223 e. The van der Waals surface area contributed by atoms with Crippen molar-refractivity contribution in [3.8, 4) is 0 Å². The van der Waals surface area contributed by atoms with E-state index in [0.717, 1.165) is 25.9 Å². The molecule has 2 fully saturated rings. The normalized spacial score (nSPS) is 20.1. The number of amides is 2. The zero-order chi connectivity index (χ0) is 17.8. The van der Waals surface area contributed by atoms with Gasteiger partial charge in [0.05, 0.1) is 11.1 Å². The molecule has 0 spiro atoms. The average molecular weight is 365 g/mol. The van der Waals surface area contributed by atoms with Crippen molar-refractivity contribution in [2.75, 3.05) is 26.2 Å². The van der Waals surface area contributed by atoms with Crippen LogP contribution in [0.15, 0.2) is 6.20 Å². The molecule has 7 heteroatoms. The van der Waals surface area contributed by atoms with Crippen molar-refractivity contribution >= 4 is 23.2 Å². The molecule has 0 aliphatic carbocycles. The zero-order valence-corrected chi connectivity index (χ0v) is 15.6. The van der Waals surface area contributed by atoms with Gasteiger partial charge in [-0.25, -0.2) is 4.98 Å². The summed E-state index contributed by atoms with van der Waals surface area (Å²) in [6, 6.07) is 0. The number of aliphatic hydroxyl groups excluding tert-OH is 1. The molecule has 2 aliphatic heterocycles. The molecular formula is C18H27N3O3S. The highest BCUT2D eigenvalue weighted by Crippen LogP contribution is 2.31. The van der Waals surface area contributed by atoms with Crippen LogP contribution in [0.4, 0.5) is 0 Å². The van der Waals surface area contributed by atoms with Gasteiger partial charge in [-0.05, 0) is 32.6 Å². The number of aryl methyl sites for hydroxylation is 1. The van der Waals surface area contributed by atoms with Gasteiger partial charge >= 0.3 is 0 Å². The number of carbonyl (C=O) groups is 2. The molecule has 25 heavy (non-hydrogen) atoms. The Morgan fingerprint density at radius 3 is 2.08 bits per heavy atom. The first-order valence-electron chi connectivity index (χ1n) is 9.19. The van der Waals surface area contributed by atoms with E-state index in [2.05, 4.69) is 11.9 Å². The van der Waals surface area contributed by atoms with E-state index in [-0.39, 0.29) is 24.3 Å². The van der Waals surface area contributed by atoms with E-state index in [1.807, 2.05) is 11.1 Å². The summed E-state index contributed by atoms with van der Waals surface area (Å²) >= 11 is 1.75. The molecule has 0 radical (unpaired) electrons. The fourth-order valence-corrected chi connectivity index (χ4v) is 4.53. The number of piperidine rings is 2. The number of carbonyl (C=O) groups excluding carboxylic acids is 2. The summed E-state index contributed by atoms with van der Waals surface area (Å²) in [5.41, 5.74) is 0. The SMILES string of the molecule is Cc1cnc(C2CCN(C(=O)CCC(=O)N3CCC(O)CC3)CC2)s1. The first kappa shape index (κ1) is 18.3. The largest absolute Gasteiger partial charge is 0.393 e. The van der Waals surface area contributed by atoms with E-state index in [1.54, 1.807) is 16.2 Å². The lowest BCUT2D eigenvalue weighted by Crippen LogP contribution is -2.41. The van der Waals surface area contributed by atoms with Crippen molar-refractivity contribution in [2.45, 2.75) is 57.5 Å². The average Bonchev–Trinajstić information content (AvgIpc) is 3.06. The Kier molecular flexibility index (Phi) is 6.06. The van der Waals surface area contributed by atoms with Crippen molar-refractivity contribution in [1.29, 1.82) is 0 Å². The number of rotatable bonds is 4. The maximum atomic E-state index is 12.4. The summed E-state index contributed by atoms with van der Waals surface area (Å²) in [7, 11) is 0. The number of hydrogen-bond donors (Lipinski definition) is 1. The molecular weight excluding hydrogens is 338 g/mol. The first-order valence-corrected chi connectivity index (χ1v) is 10.0. The van der Waals surface area contributed by atoms with Gasteiger partial charge in [-0.2, -0.15) is 0 Å². The van der Waals surface area contributed by atoms with Crippen LogP contribution < -0.4 is 0 Å².